The average Bonchev–Trinajstić information content (AvgIpc) is 3.50. The molecule has 7 aromatic rings. The van der Waals surface area contributed by atoms with Crippen LogP contribution in [0.1, 0.15) is 25.0 Å². The maximum atomic E-state index is 6.28. The number of hydrogen-bond acceptors (Lipinski definition) is 3. The molecule has 190 valence electrons. The van der Waals surface area contributed by atoms with Gasteiger partial charge >= 0.3 is 0 Å². The molecule has 0 radical (unpaired) electrons. The lowest BCUT2D eigenvalue weighted by Gasteiger charge is -2.21. The molecule has 0 saturated carbocycles. The zero-order valence-electron chi connectivity index (χ0n) is 22.3. The van der Waals surface area contributed by atoms with E-state index in [9.17, 15) is 0 Å². The van der Waals surface area contributed by atoms with Crippen LogP contribution in [0.5, 0.6) is 0 Å². The minimum atomic E-state index is -0.119. The van der Waals surface area contributed by atoms with Crippen LogP contribution >= 0.6 is 0 Å². The fraction of sp³-hybridized carbons (Fsp3) is 0.0811. The number of nitrogens with zero attached hydrogens (tertiary/aromatic N) is 2. The number of benzene rings is 5. The Morgan fingerprint density at radius 1 is 0.550 bits per heavy atom. The molecule has 40 heavy (non-hydrogen) atoms. The van der Waals surface area contributed by atoms with E-state index < -0.39 is 0 Å². The van der Waals surface area contributed by atoms with Crippen LogP contribution in [-0.2, 0) is 5.41 Å². The van der Waals surface area contributed by atoms with Crippen molar-refractivity contribution in [2.75, 3.05) is 0 Å². The van der Waals surface area contributed by atoms with E-state index in [1.54, 1.807) is 0 Å². The van der Waals surface area contributed by atoms with Crippen molar-refractivity contribution in [1.82, 2.24) is 9.97 Å². The van der Waals surface area contributed by atoms with Gasteiger partial charge in [0.2, 0.25) is 0 Å². The normalized spacial score (nSPS) is 13.4. The van der Waals surface area contributed by atoms with E-state index in [-0.39, 0.29) is 5.41 Å². The van der Waals surface area contributed by atoms with E-state index in [1.807, 2.05) is 42.5 Å². The molecule has 1 aliphatic carbocycles. The van der Waals surface area contributed by atoms with E-state index in [0.29, 0.717) is 0 Å². The zero-order valence-corrected chi connectivity index (χ0v) is 22.3. The van der Waals surface area contributed by atoms with Crippen LogP contribution in [0.15, 0.2) is 126 Å². The largest absolute Gasteiger partial charge is 0.456 e. The van der Waals surface area contributed by atoms with E-state index >= 15 is 0 Å². The van der Waals surface area contributed by atoms with Crippen LogP contribution < -0.4 is 0 Å². The molecule has 0 unspecified atom stereocenters. The van der Waals surface area contributed by atoms with Gasteiger partial charge in [-0.25, -0.2) is 9.97 Å². The first kappa shape index (κ1) is 22.9. The highest BCUT2D eigenvalue weighted by Crippen LogP contribution is 2.53. The maximum Gasteiger partial charge on any atom is 0.160 e. The summed E-state index contributed by atoms with van der Waals surface area (Å²) in [6.07, 6.45) is 0. The molecule has 0 spiro atoms. The van der Waals surface area contributed by atoms with Crippen LogP contribution in [0.25, 0.3) is 67.0 Å². The lowest BCUT2D eigenvalue weighted by molar-refractivity contribution is 0.656. The van der Waals surface area contributed by atoms with Crippen molar-refractivity contribution in [3.05, 3.63) is 132 Å². The van der Waals surface area contributed by atoms with Gasteiger partial charge in [0.25, 0.3) is 0 Å². The first-order valence-corrected chi connectivity index (χ1v) is 13.7. The molecular formula is C37H26N2O. The predicted molar refractivity (Wildman–Crippen MR) is 163 cm³/mol. The minimum absolute atomic E-state index is 0.119. The standard InChI is InChI=1S/C37H26N2O/c1-37(2)28-18-17-25(21-27(28)34-29(37)19-20-33-35(34)26-15-9-10-16-32(26)40-33)31-22-30(23-11-5-3-6-12-23)38-36(39-31)24-13-7-4-8-14-24/h3-22H,1-2H3. The van der Waals surface area contributed by atoms with Crippen molar-refractivity contribution < 1.29 is 4.42 Å². The number of aromatic nitrogens is 2. The van der Waals surface area contributed by atoms with Crippen LogP contribution in [0.4, 0.5) is 0 Å². The monoisotopic (exact) mass is 514 g/mol. The van der Waals surface area contributed by atoms with Crippen molar-refractivity contribution in [2.24, 2.45) is 0 Å². The zero-order chi connectivity index (χ0) is 26.8. The van der Waals surface area contributed by atoms with Gasteiger partial charge in [0.1, 0.15) is 11.2 Å². The Bertz CT molecular complexity index is 2010. The van der Waals surface area contributed by atoms with Crippen molar-refractivity contribution >= 4 is 21.9 Å². The van der Waals surface area contributed by atoms with Gasteiger partial charge in [-0.1, -0.05) is 111 Å². The number of fused-ring (bicyclic) bond motifs is 7. The molecule has 8 rings (SSSR count). The molecule has 1 aliphatic rings. The summed E-state index contributed by atoms with van der Waals surface area (Å²) in [5.74, 6) is 0.724. The first-order chi connectivity index (χ1) is 19.6. The lowest BCUT2D eigenvalue weighted by Crippen LogP contribution is -2.14. The quantitative estimate of drug-likeness (QED) is 0.236. The van der Waals surface area contributed by atoms with Crippen LogP contribution in [0.2, 0.25) is 0 Å². The second-order valence-corrected chi connectivity index (χ2v) is 11.0. The van der Waals surface area contributed by atoms with E-state index in [4.69, 9.17) is 14.4 Å². The second-order valence-electron chi connectivity index (χ2n) is 11.0. The summed E-state index contributed by atoms with van der Waals surface area (Å²) in [5, 5.41) is 2.35. The Balaban J connectivity index is 1.38. The third-order valence-corrected chi connectivity index (χ3v) is 8.30. The van der Waals surface area contributed by atoms with Crippen molar-refractivity contribution in [2.45, 2.75) is 19.3 Å². The molecule has 3 nitrogen and oxygen atoms in total. The molecular weight excluding hydrogens is 488 g/mol. The van der Waals surface area contributed by atoms with Gasteiger partial charge in [-0.05, 0) is 46.5 Å². The highest BCUT2D eigenvalue weighted by molar-refractivity contribution is 6.15. The minimum Gasteiger partial charge on any atom is -0.456 e. The van der Waals surface area contributed by atoms with Gasteiger partial charge in [-0.2, -0.15) is 0 Å². The smallest absolute Gasteiger partial charge is 0.160 e. The van der Waals surface area contributed by atoms with Crippen LogP contribution in [0, 0.1) is 0 Å². The van der Waals surface area contributed by atoms with Crippen molar-refractivity contribution in [3.8, 4) is 45.0 Å². The number of rotatable bonds is 3. The number of hydrogen-bond donors (Lipinski definition) is 0. The van der Waals surface area contributed by atoms with Gasteiger partial charge in [-0.15, -0.1) is 0 Å². The fourth-order valence-electron chi connectivity index (χ4n) is 6.29. The first-order valence-electron chi connectivity index (χ1n) is 13.7. The Labute approximate surface area is 232 Å². The molecule has 0 fully saturated rings. The van der Waals surface area contributed by atoms with Gasteiger partial charge in [0.05, 0.1) is 11.4 Å². The highest BCUT2D eigenvalue weighted by Gasteiger charge is 2.37. The molecule has 0 aliphatic heterocycles. The SMILES string of the molecule is CC1(C)c2ccc(-c3cc(-c4ccccc4)nc(-c4ccccc4)n3)cc2-c2c1ccc1oc3ccccc3c21. The molecule has 0 N–H and O–H groups in total. The predicted octanol–water partition coefficient (Wildman–Crippen LogP) is 9.68. The summed E-state index contributed by atoms with van der Waals surface area (Å²) in [7, 11) is 0. The van der Waals surface area contributed by atoms with Gasteiger partial charge in [0.15, 0.2) is 5.82 Å². The van der Waals surface area contributed by atoms with Crippen LogP contribution in [-0.4, -0.2) is 9.97 Å². The summed E-state index contributed by atoms with van der Waals surface area (Å²) >= 11 is 0. The van der Waals surface area contributed by atoms with Crippen molar-refractivity contribution in [3.63, 3.8) is 0 Å². The summed E-state index contributed by atoms with van der Waals surface area (Å²) in [4.78, 5) is 10.1. The van der Waals surface area contributed by atoms with E-state index in [1.165, 1.54) is 27.6 Å². The molecule has 3 heteroatoms. The summed E-state index contributed by atoms with van der Waals surface area (Å²) in [6, 6.07) is 42.2. The molecule has 0 amide bonds. The molecule has 2 heterocycles. The van der Waals surface area contributed by atoms with Gasteiger partial charge in [0, 0.05) is 32.9 Å². The Morgan fingerprint density at radius 3 is 1.98 bits per heavy atom. The van der Waals surface area contributed by atoms with Crippen molar-refractivity contribution in [1.29, 1.82) is 0 Å². The summed E-state index contributed by atoms with van der Waals surface area (Å²) in [5.41, 5.74) is 11.9. The van der Waals surface area contributed by atoms with Gasteiger partial charge in [-0.3, -0.25) is 0 Å². The average molecular weight is 515 g/mol. The number of para-hydroxylation sites is 1. The Hall–Kier alpha value is -5.02. The van der Waals surface area contributed by atoms with E-state index in [0.717, 1.165) is 50.5 Å². The van der Waals surface area contributed by atoms with Gasteiger partial charge < -0.3 is 4.42 Å². The molecule has 0 atom stereocenters. The molecule has 5 aromatic carbocycles. The second kappa shape index (κ2) is 8.49. The molecule has 2 aromatic heterocycles. The Morgan fingerprint density at radius 2 is 1.20 bits per heavy atom. The molecule has 0 bridgehead atoms. The summed E-state index contributed by atoms with van der Waals surface area (Å²) in [6.45, 7) is 4.63. The third-order valence-electron chi connectivity index (χ3n) is 8.30. The Kier molecular flexibility index (Phi) is 4.86. The molecule has 0 saturated heterocycles. The highest BCUT2D eigenvalue weighted by atomic mass is 16.3. The third kappa shape index (κ3) is 3.37. The summed E-state index contributed by atoms with van der Waals surface area (Å²) < 4.78 is 6.28. The topological polar surface area (TPSA) is 38.9 Å². The maximum absolute atomic E-state index is 6.28. The van der Waals surface area contributed by atoms with Crippen LogP contribution in [0.3, 0.4) is 0 Å². The number of furan rings is 1. The van der Waals surface area contributed by atoms with E-state index in [2.05, 4.69) is 92.7 Å². The fourth-order valence-corrected chi connectivity index (χ4v) is 6.29. The lowest BCUT2D eigenvalue weighted by atomic mass is 9.82.